The molecule has 50 valence electrons. The van der Waals surface area contributed by atoms with Crippen LogP contribution in [0.5, 0.6) is 0 Å². The van der Waals surface area contributed by atoms with Crippen LogP contribution in [-0.4, -0.2) is 6.54 Å². The van der Waals surface area contributed by atoms with E-state index in [2.05, 4.69) is 18.2 Å². The molecular formula is C9H9N. The van der Waals surface area contributed by atoms with Gasteiger partial charge in [-0.05, 0) is 18.1 Å². The van der Waals surface area contributed by atoms with Crippen molar-refractivity contribution in [3.05, 3.63) is 36.9 Å². The average molecular weight is 131 g/mol. The Hall–Kier alpha value is -0.980. The summed E-state index contributed by atoms with van der Waals surface area (Å²) in [7, 11) is 5.68. The molecule has 1 aromatic carbocycles. The van der Waals surface area contributed by atoms with Gasteiger partial charge < -0.3 is 4.90 Å². The lowest BCUT2D eigenvalue weighted by molar-refractivity contribution is 0.991. The van der Waals surface area contributed by atoms with Gasteiger partial charge in [-0.25, -0.2) is 0 Å². The van der Waals surface area contributed by atoms with Gasteiger partial charge in [-0.3, -0.25) is 0 Å². The van der Waals surface area contributed by atoms with E-state index in [0.29, 0.717) is 0 Å². The van der Waals surface area contributed by atoms with Crippen molar-refractivity contribution < 1.29 is 0 Å². The molecule has 0 aromatic heterocycles. The molecule has 2 radical (unpaired) electrons. The summed E-state index contributed by atoms with van der Waals surface area (Å²) in [6.07, 6.45) is 1.09. The number of rotatable bonds is 0. The van der Waals surface area contributed by atoms with Crippen molar-refractivity contribution in [2.45, 2.75) is 6.42 Å². The molecule has 0 spiro atoms. The summed E-state index contributed by atoms with van der Waals surface area (Å²) in [6.45, 7) is 0.958. The Morgan fingerprint density at radius 1 is 1.30 bits per heavy atom. The number of nitrogens with zero attached hydrogens (tertiary/aromatic N) is 1. The Balaban J connectivity index is 2.51. The second kappa shape index (κ2) is 2.01. The smallest absolute Gasteiger partial charge is 0.0738 e. The molecule has 1 heterocycles. The van der Waals surface area contributed by atoms with E-state index < -0.39 is 0 Å². The van der Waals surface area contributed by atoms with Crippen LogP contribution in [0.3, 0.4) is 0 Å². The third-order valence-corrected chi connectivity index (χ3v) is 1.92. The summed E-state index contributed by atoms with van der Waals surface area (Å²) in [5.41, 5.74) is 2.55. The zero-order chi connectivity index (χ0) is 6.97. The second-order valence-corrected chi connectivity index (χ2v) is 2.57. The lowest BCUT2D eigenvalue weighted by Gasteiger charge is -2.09. The fourth-order valence-corrected chi connectivity index (χ4v) is 1.36. The Labute approximate surface area is 61.3 Å². The Kier molecular flexibility index (Phi) is 1.16. The van der Waals surface area contributed by atoms with Gasteiger partial charge in [-0.15, -0.1) is 0 Å². The Morgan fingerprint density at radius 2 is 2.10 bits per heavy atom. The van der Waals surface area contributed by atoms with Gasteiger partial charge in [0.25, 0.3) is 0 Å². The molecule has 0 saturated carbocycles. The fraction of sp³-hybridized carbons (Fsp3) is 0.222. The first-order chi connectivity index (χ1) is 4.88. The first kappa shape index (κ1) is 5.78. The third-order valence-electron chi connectivity index (χ3n) is 1.92. The first-order valence-corrected chi connectivity index (χ1v) is 3.48. The normalized spacial score (nSPS) is 15.5. The molecule has 0 N–H and O–H groups in total. The van der Waals surface area contributed by atoms with Gasteiger partial charge in [0.05, 0.1) is 7.05 Å². The van der Waals surface area contributed by atoms with Gasteiger partial charge in [0.15, 0.2) is 0 Å². The van der Waals surface area contributed by atoms with Crippen molar-refractivity contribution in [1.82, 2.24) is 0 Å². The number of hydrogen-bond acceptors (Lipinski definition) is 1. The van der Waals surface area contributed by atoms with Gasteiger partial charge in [0.2, 0.25) is 0 Å². The van der Waals surface area contributed by atoms with Crippen LogP contribution in [0, 0.1) is 7.05 Å². The molecule has 2 rings (SSSR count). The highest BCUT2D eigenvalue weighted by Crippen LogP contribution is 2.25. The summed E-state index contributed by atoms with van der Waals surface area (Å²) in [4.78, 5) is 1.80. The summed E-state index contributed by atoms with van der Waals surface area (Å²) in [5, 5.41) is 0. The number of anilines is 1. The predicted octanol–water partition coefficient (Wildman–Crippen LogP) is 1.72. The second-order valence-electron chi connectivity index (χ2n) is 2.57. The molecule has 1 aliphatic heterocycles. The molecule has 0 saturated heterocycles. The van der Waals surface area contributed by atoms with E-state index in [-0.39, 0.29) is 0 Å². The Bertz CT molecular complexity index is 242. The van der Waals surface area contributed by atoms with Crippen LogP contribution in [0.25, 0.3) is 0 Å². The highest BCUT2D eigenvalue weighted by atomic mass is 15.1. The van der Waals surface area contributed by atoms with Crippen molar-refractivity contribution in [2.75, 3.05) is 11.4 Å². The zero-order valence-electron chi connectivity index (χ0n) is 5.75. The van der Waals surface area contributed by atoms with E-state index in [4.69, 9.17) is 7.05 Å². The minimum Gasteiger partial charge on any atom is -0.364 e. The molecule has 0 aliphatic carbocycles. The summed E-state index contributed by atoms with van der Waals surface area (Å²) >= 11 is 0. The molecule has 0 bridgehead atoms. The van der Waals surface area contributed by atoms with Crippen molar-refractivity contribution in [3.63, 3.8) is 0 Å². The molecule has 0 atom stereocenters. The minimum absolute atomic E-state index is 0.958. The topological polar surface area (TPSA) is 3.24 Å². The van der Waals surface area contributed by atoms with Crippen LogP contribution in [0.4, 0.5) is 5.69 Å². The maximum atomic E-state index is 5.68. The van der Waals surface area contributed by atoms with Crippen LogP contribution < -0.4 is 4.90 Å². The van der Waals surface area contributed by atoms with E-state index in [1.807, 2.05) is 6.07 Å². The van der Waals surface area contributed by atoms with Crippen molar-refractivity contribution in [2.24, 2.45) is 0 Å². The highest BCUT2D eigenvalue weighted by molar-refractivity contribution is 5.57. The molecule has 1 heteroatoms. The molecule has 0 unspecified atom stereocenters. The third kappa shape index (κ3) is 0.703. The average Bonchev–Trinajstić information content (AvgIpc) is 2.34. The number of benzene rings is 1. The van der Waals surface area contributed by atoms with Crippen LogP contribution in [0.1, 0.15) is 5.56 Å². The van der Waals surface area contributed by atoms with E-state index >= 15 is 0 Å². The van der Waals surface area contributed by atoms with E-state index in [9.17, 15) is 0 Å². The fourth-order valence-electron chi connectivity index (χ4n) is 1.36. The van der Waals surface area contributed by atoms with Gasteiger partial charge >= 0.3 is 0 Å². The Morgan fingerprint density at radius 3 is 2.90 bits per heavy atom. The SMILES string of the molecule is [CH]N1CCc2ccccc21. The van der Waals surface area contributed by atoms with Crippen LogP contribution in [0.15, 0.2) is 24.3 Å². The molecule has 1 aliphatic rings. The molecule has 1 nitrogen and oxygen atoms in total. The summed E-state index contributed by atoms with van der Waals surface area (Å²) in [5.74, 6) is 0. The van der Waals surface area contributed by atoms with E-state index in [1.54, 1.807) is 4.90 Å². The number of para-hydroxylation sites is 1. The largest absolute Gasteiger partial charge is 0.364 e. The van der Waals surface area contributed by atoms with Crippen molar-refractivity contribution in [3.8, 4) is 0 Å². The van der Waals surface area contributed by atoms with Gasteiger partial charge in [0, 0.05) is 12.2 Å². The summed E-state index contributed by atoms with van der Waals surface area (Å²) < 4.78 is 0. The molecule has 0 amide bonds. The maximum Gasteiger partial charge on any atom is 0.0738 e. The quantitative estimate of drug-likeness (QED) is 0.518. The van der Waals surface area contributed by atoms with E-state index in [1.165, 1.54) is 11.3 Å². The van der Waals surface area contributed by atoms with Crippen LogP contribution >= 0.6 is 0 Å². The molecule has 10 heavy (non-hydrogen) atoms. The highest BCUT2D eigenvalue weighted by Gasteiger charge is 2.13. The summed E-state index contributed by atoms with van der Waals surface area (Å²) in [6, 6.07) is 8.26. The van der Waals surface area contributed by atoms with Gasteiger partial charge in [-0.1, -0.05) is 18.2 Å². The van der Waals surface area contributed by atoms with Crippen molar-refractivity contribution >= 4 is 5.69 Å². The molecule has 1 aromatic rings. The zero-order valence-corrected chi connectivity index (χ0v) is 5.75. The van der Waals surface area contributed by atoms with E-state index in [0.717, 1.165) is 13.0 Å². The number of fused-ring (bicyclic) bond motifs is 1. The van der Waals surface area contributed by atoms with Crippen LogP contribution in [-0.2, 0) is 6.42 Å². The molecular weight excluding hydrogens is 122 g/mol. The number of hydrogen-bond donors (Lipinski definition) is 0. The first-order valence-electron chi connectivity index (χ1n) is 3.48. The lowest BCUT2D eigenvalue weighted by atomic mass is 10.2. The lowest BCUT2D eigenvalue weighted by Crippen LogP contribution is -2.08. The predicted molar refractivity (Wildman–Crippen MR) is 41.8 cm³/mol. The van der Waals surface area contributed by atoms with Gasteiger partial charge in [-0.2, -0.15) is 0 Å². The maximum absolute atomic E-state index is 5.68. The van der Waals surface area contributed by atoms with Gasteiger partial charge in [0.1, 0.15) is 0 Å². The monoisotopic (exact) mass is 131 g/mol. The molecule has 0 fully saturated rings. The van der Waals surface area contributed by atoms with Crippen LogP contribution in [0.2, 0.25) is 0 Å². The standard InChI is InChI=1S/C9H9N/c1-10-7-6-8-4-2-3-5-9(8)10/h1-5H,6-7H2. The van der Waals surface area contributed by atoms with Crippen molar-refractivity contribution in [1.29, 1.82) is 0 Å². The minimum atomic E-state index is 0.958.